The summed E-state index contributed by atoms with van der Waals surface area (Å²) in [5.74, 6) is 0.646. The molecule has 0 amide bonds. The third kappa shape index (κ3) is 11.4. The predicted octanol–water partition coefficient (Wildman–Crippen LogP) is 3.53. The van der Waals surface area contributed by atoms with E-state index in [1.165, 1.54) is 0 Å². The van der Waals surface area contributed by atoms with Crippen LogP contribution in [0.1, 0.15) is 46.6 Å². The maximum atomic E-state index is 9.23. The lowest BCUT2D eigenvalue weighted by molar-refractivity contribution is 0.0144. The maximum Gasteiger partial charge on any atom is 0.113 e. The topological polar surface area (TPSA) is 55.5 Å². The molecular weight excluding hydrogens is 309 g/mol. The van der Waals surface area contributed by atoms with Crippen LogP contribution in [0.4, 0.5) is 0 Å². The number of ether oxygens (including phenoxy) is 1. The van der Waals surface area contributed by atoms with E-state index in [0.29, 0.717) is 12.4 Å². The van der Waals surface area contributed by atoms with E-state index in [-0.39, 0.29) is 0 Å². The van der Waals surface area contributed by atoms with Crippen molar-refractivity contribution in [1.29, 1.82) is 0 Å². The van der Waals surface area contributed by atoms with Gasteiger partial charge in [-0.25, -0.2) is 0 Å². The Morgan fingerprint density at radius 3 is 2.36 bits per heavy atom. The van der Waals surface area contributed by atoms with Gasteiger partial charge in [-0.15, -0.1) is 0 Å². The maximum absolute atomic E-state index is 9.23. The van der Waals surface area contributed by atoms with Crippen LogP contribution in [0.25, 0.3) is 0 Å². The molecule has 0 aromatic heterocycles. The Morgan fingerprint density at radius 1 is 1.28 bits per heavy atom. The van der Waals surface area contributed by atoms with E-state index < -0.39 is 11.1 Å². The molecule has 4 heteroatoms. The SMILES string of the molecule is CC(C)(N)C(C)(C)O.[B]c1cccc(COC(=C)/C=C\C=C/CC)c1. The minimum absolute atomic E-state index is 0.492. The first-order chi connectivity index (χ1) is 11.5. The molecule has 0 spiro atoms. The highest BCUT2D eigenvalue weighted by molar-refractivity contribution is 6.32. The largest absolute Gasteiger partial charge is 0.490 e. The van der Waals surface area contributed by atoms with Gasteiger partial charge in [0.1, 0.15) is 20.2 Å². The van der Waals surface area contributed by atoms with Crippen molar-refractivity contribution >= 4 is 13.3 Å². The van der Waals surface area contributed by atoms with E-state index in [0.717, 1.165) is 17.4 Å². The van der Waals surface area contributed by atoms with E-state index in [4.69, 9.17) is 18.3 Å². The molecule has 0 aliphatic carbocycles. The number of hydrogen-bond acceptors (Lipinski definition) is 3. The van der Waals surface area contributed by atoms with Crippen LogP contribution in [0.5, 0.6) is 0 Å². The molecule has 1 rings (SSSR count). The average Bonchev–Trinajstić information content (AvgIpc) is 2.48. The van der Waals surface area contributed by atoms with Crippen molar-refractivity contribution in [3.8, 4) is 0 Å². The summed E-state index contributed by atoms with van der Waals surface area (Å²) in [4.78, 5) is 0. The van der Waals surface area contributed by atoms with Crippen LogP contribution in [-0.2, 0) is 11.3 Å². The zero-order valence-corrected chi connectivity index (χ0v) is 16.3. The van der Waals surface area contributed by atoms with Crippen molar-refractivity contribution in [2.75, 3.05) is 0 Å². The van der Waals surface area contributed by atoms with Gasteiger partial charge < -0.3 is 15.6 Å². The molecular formula is C21H32BNO2. The Labute approximate surface area is 154 Å². The van der Waals surface area contributed by atoms with Crippen LogP contribution >= 0.6 is 0 Å². The molecule has 3 nitrogen and oxygen atoms in total. The standard InChI is InChI=1S/C15H17BO.C6H15NO/c1-3-4-5-6-8-13(2)17-12-14-9-7-10-15(16)11-14;1-5(2,7)6(3,4)8/h4-11H,2-3,12H2,1H3;8H,7H2,1-4H3/b5-4-,8-6-;. The zero-order valence-electron chi connectivity index (χ0n) is 16.3. The second-order valence-electron chi connectivity index (χ2n) is 6.98. The predicted molar refractivity (Wildman–Crippen MR) is 109 cm³/mol. The molecule has 0 bridgehead atoms. The Balaban J connectivity index is 0.000000609. The number of rotatable bonds is 7. The Kier molecular flexibility index (Phi) is 10.2. The fourth-order valence-electron chi connectivity index (χ4n) is 1.28. The molecule has 0 fully saturated rings. The van der Waals surface area contributed by atoms with Crippen molar-refractivity contribution in [1.82, 2.24) is 0 Å². The number of allylic oxidation sites excluding steroid dienone is 4. The summed E-state index contributed by atoms with van der Waals surface area (Å²) < 4.78 is 5.49. The van der Waals surface area contributed by atoms with Crippen LogP contribution in [0.15, 0.2) is 60.9 Å². The smallest absolute Gasteiger partial charge is 0.113 e. The Morgan fingerprint density at radius 2 is 1.88 bits per heavy atom. The minimum Gasteiger partial charge on any atom is -0.490 e. The quantitative estimate of drug-likeness (QED) is 0.453. The van der Waals surface area contributed by atoms with Gasteiger partial charge in [0.2, 0.25) is 0 Å². The van der Waals surface area contributed by atoms with Crippen LogP contribution in [-0.4, -0.2) is 24.1 Å². The van der Waals surface area contributed by atoms with E-state index >= 15 is 0 Å². The monoisotopic (exact) mass is 341 g/mol. The normalized spacial score (nSPS) is 12.1. The van der Waals surface area contributed by atoms with E-state index in [2.05, 4.69) is 19.6 Å². The number of hydrogen-bond donors (Lipinski definition) is 2. The summed E-state index contributed by atoms with van der Waals surface area (Å²) in [6.07, 6.45) is 8.85. The fourth-order valence-corrected chi connectivity index (χ4v) is 1.28. The Hall–Kier alpha value is -1.78. The lowest BCUT2D eigenvalue weighted by atomic mass is 9.87. The summed E-state index contributed by atoms with van der Waals surface area (Å²) in [7, 11) is 5.68. The van der Waals surface area contributed by atoms with E-state index in [1.807, 2.05) is 42.5 Å². The van der Waals surface area contributed by atoms with Gasteiger partial charge in [0.05, 0.1) is 5.60 Å². The lowest BCUT2D eigenvalue weighted by Gasteiger charge is -2.32. The highest BCUT2D eigenvalue weighted by Crippen LogP contribution is 2.16. The fraction of sp³-hybridized carbons (Fsp3) is 0.429. The molecule has 2 radical (unpaired) electrons. The van der Waals surface area contributed by atoms with Crippen LogP contribution in [0.3, 0.4) is 0 Å². The molecule has 0 unspecified atom stereocenters. The molecule has 0 aliphatic heterocycles. The second kappa shape index (κ2) is 11.0. The van der Waals surface area contributed by atoms with Crippen LogP contribution in [0.2, 0.25) is 0 Å². The molecule has 0 saturated carbocycles. The van der Waals surface area contributed by atoms with Gasteiger partial charge in [-0.1, -0.05) is 61.5 Å². The van der Waals surface area contributed by atoms with Crippen molar-refractivity contribution in [2.45, 2.75) is 58.8 Å². The van der Waals surface area contributed by atoms with Gasteiger partial charge in [-0.05, 0) is 45.8 Å². The third-order valence-electron chi connectivity index (χ3n) is 3.72. The lowest BCUT2D eigenvalue weighted by Crippen LogP contribution is -2.52. The number of aliphatic hydroxyl groups is 1. The Bertz CT molecular complexity index is 566. The molecule has 0 saturated heterocycles. The highest BCUT2D eigenvalue weighted by Gasteiger charge is 2.30. The van der Waals surface area contributed by atoms with Crippen LogP contribution in [0, 0.1) is 0 Å². The summed E-state index contributed by atoms with van der Waals surface area (Å²) in [6, 6.07) is 7.64. The van der Waals surface area contributed by atoms with Crippen LogP contribution < -0.4 is 11.2 Å². The average molecular weight is 341 g/mol. The molecule has 1 aromatic rings. The van der Waals surface area contributed by atoms with Gasteiger partial charge in [-0.2, -0.15) is 0 Å². The zero-order chi connectivity index (χ0) is 19.5. The summed E-state index contributed by atoms with van der Waals surface area (Å²) >= 11 is 0. The van der Waals surface area contributed by atoms with Crippen molar-refractivity contribution in [3.63, 3.8) is 0 Å². The van der Waals surface area contributed by atoms with Gasteiger partial charge in [0.25, 0.3) is 0 Å². The van der Waals surface area contributed by atoms with Crippen molar-refractivity contribution in [3.05, 3.63) is 66.5 Å². The molecule has 0 heterocycles. The van der Waals surface area contributed by atoms with Gasteiger partial charge in [-0.3, -0.25) is 0 Å². The first-order valence-electron chi connectivity index (χ1n) is 8.48. The van der Waals surface area contributed by atoms with Crippen molar-refractivity contribution < 1.29 is 9.84 Å². The minimum atomic E-state index is -0.785. The first kappa shape index (κ1) is 23.2. The third-order valence-corrected chi connectivity index (χ3v) is 3.72. The second-order valence-corrected chi connectivity index (χ2v) is 6.98. The van der Waals surface area contributed by atoms with E-state index in [9.17, 15) is 5.11 Å². The molecule has 3 N–H and O–H groups in total. The van der Waals surface area contributed by atoms with Gasteiger partial charge in [0, 0.05) is 5.54 Å². The van der Waals surface area contributed by atoms with Gasteiger partial charge >= 0.3 is 0 Å². The summed E-state index contributed by atoms with van der Waals surface area (Å²) in [5.41, 5.74) is 6.06. The molecule has 0 atom stereocenters. The summed E-state index contributed by atoms with van der Waals surface area (Å²) in [6.45, 7) is 13.4. The van der Waals surface area contributed by atoms with Gasteiger partial charge in [0.15, 0.2) is 0 Å². The number of nitrogens with two attached hydrogens (primary N) is 1. The molecule has 1 aromatic carbocycles. The molecule has 0 aliphatic rings. The molecule has 136 valence electrons. The van der Waals surface area contributed by atoms with E-state index in [1.54, 1.807) is 27.7 Å². The summed E-state index contributed by atoms with van der Waals surface area (Å²) in [5, 5.41) is 9.23. The first-order valence-corrected chi connectivity index (χ1v) is 8.48. The number of benzene rings is 1. The molecule has 25 heavy (non-hydrogen) atoms. The highest BCUT2D eigenvalue weighted by atomic mass is 16.5. The van der Waals surface area contributed by atoms with Crippen molar-refractivity contribution in [2.24, 2.45) is 5.73 Å².